The molecule has 0 nitrogen and oxygen atoms in total. The van der Waals surface area contributed by atoms with Crippen LogP contribution >= 0.6 is 0 Å². The number of hydrogen-bond acceptors (Lipinski definition) is 0. The largest absolute Gasteiger partial charge is 0.0530 e. The van der Waals surface area contributed by atoms with Gasteiger partial charge in [-0.05, 0) is 162 Å². The van der Waals surface area contributed by atoms with Crippen LogP contribution in [0.3, 0.4) is 0 Å². The van der Waals surface area contributed by atoms with Gasteiger partial charge in [0.25, 0.3) is 0 Å². The van der Waals surface area contributed by atoms with Gasteiger partial charge >= 0.3 is 0 Å². The molecule has 0 spiro atoms. The van der Waals surface area contributed by atoms with E-state index in [2.05, 4.69) is 0 Å². The van der Waals surface area contributed by atoms with Crippen molar-refractivity contribution < 1.29 is 0 Å². The van der Waals surface area contributed by atoms with Gasteiger partial charge < -0.3 is 0 Å². The smallest absolute Gasteiger partial charge is 0.0411 e. The lowest BCUT2D eigenvalue weighted by Crippen LogP contribution is -2.21. The fourth-order valence-corrected chi connectivity index (χ4v) is 29.2. The Balaban J connectivity index is 0.000000109. The van der Waals surface area contributed by atoms with E-state index in [1.54, 1.807) is 392 Å². The Morgan fingerprint density at radius 2 is 0.124 bits per heavy atom. The van der Waals surface area contributed by atoms with E-state index < -0.39 is 0 Å². The zero-order chi connectivity index (χ0) is 71.4. The average molecular weight is 1450 g/mol. The Morgan fingerprint density at radius 1 is 0.0571 bits per heavy atom. The summed E-state index contributed by atoms with van der Waals surface area (Å²) in [5, 5.41) is 0. The Hall–Kier alpha value is 0. The molecule has 0 aromatic heterocycles. The van der Waals surface area contributed by atoms with Crippen LogP contribution in [0.4, 0.5) is 0 Å². The quantitative estimate of drug-likeness (QED) is 0.227. The first-order valence-electron chi connectivity index (χ1n) is 51.9. The van der Waals surface area contributed by atoms with Crippen LogP contribution in [0.1, 0.15) is 533 Å². The standard InChI is InChI=1S/C12H22.2C11H20.3C10H18.2C9H16.2C8H14.C7H12/c1-2-6-12-9-3-7-11(5-1)8-4-10-12;1-4-10-6-2-7-11(5-1)9-3-8-10;1-2-5-11-7-3-6-10(4-1)8-9-11;1-3-9-5-2-6-10(4-1)8-7-9;1-2-5-10-7-3-6-9(4-1)8-10;1-2-4-10-7-5-9(3-1)6-8-10;1-3-8-5-2-6-9(4-1)7-8;1-2-4-9-6-5-8(3-1)7-9;1-2-8-5-3-7(1)4-6-8;1-2-7-4-5-8(3-1)6-7;1-2-7-4-3-6(1)5-7/h11-12H,1-10H2;2*10-11H,1-9H2;3*9-10H,1-8H2;2*8-9H,1-7H2;2*7-8H,1-6H2;6-7H,1-5H2. The molecule has 0 amide bonds. The van der Waals surface area contributed by atoms with Crippen LogP contribution < -0.4 is 0 Å². The van der Waals surface area contributed by atoms with Crippen molar-refractivity contribution in [2.75, 3.05) is 0 Å². The topological polar surface area (TPSA) is 0 Å². The summed E-state index contributed by atoms with van der Waals surface area (Å²) in [6, 6.07) is 0. The first kappa shape index (κ1) is 84.4. The molecule has 8 unspecified atom stereocenters. The fraction of sp³-hybridized carbons (Fsp3) is 1.00. The molecule has 0 radical (unpaired) electrons. The molecular formula is C105H188. The Bertz CT molecular complexity index is 1870. The van der Waals surface area contributed by atoms with E-state index in [1.807, 2.05) is 0 Å². The van der Waals surface area contributed by atoms with Gasteiger partial charge in [0, 0.05) is 0 Å². The van der Waals surface area contributed by atoms with Crippen LogP contribution in [0.2, 0.25) is 0 Å². The van der Waals surface area contributed by atoms with Crippen LogP contribution in [0, 0.1) is 130 Å². The number of rotatable bonds is 0. The SMILES string of the molecule is C1CC2CCC(C1)C2.C1CC2CCC1C2.C1CC2CCC1CC2.C1CC2CCCC(C1)C2.C1CC2CCCC(C1)CC2.C1CC2CCCC(C1)CCC2.C1CCC2CCC(C1)C2.C1CCC2CCC(C1)CC2.C1CCC2CCCC(C1)C2.C1CCC2CCCC(C1)CC2.C1CCC2CCCC(C1)CCC2. The summed E-state index contributed by atoms with van der Waals surface area (Å²) >= 11 is 0. The van der Waals surface area contributed by atoms with Crippen molar-refractivity contribution in [3.05, 3.63) is 0 Å². The van der Waals surface area contributed by atoms with E-state index in [0.717, 1.165) is 118 Å². The van der Waals surface area contributed by atoms with Crippen LogP contribution in [-0.4, -0.2) is 0 Å². The number of fused-ring (bicyclic) bond motifs is 37. The second-order valence-corrected chi connectivity index (χ2v) is 44.2. The molecule has 26 fully saturated rings. The minimum Gasteiger partial charge on any atom is -0.0530 e. The molecule has 0 aromatic carbocycles. The highest BCUT2D eigenvalue weighted by atomic mass is 14.4. The van der Waals surface area contributed by atoms with E-state index in [9.17, 15) is 0 Å². The van der Waals surface area contributed by atoms with Gasteiger partial charge in [-0.3, -0.25) is 0 Å². The van der Waals surface area contributed by atoms with Gasteiger partial charge in [-0.25, -0.2) is 0 Å². The lowest BCUT2D eigenvalue weighted by Gasteiger charge is -2.35. The second kappa shape index (κ2) is 49.7. The molecule has 105 heavy (non-hydrogen) atoms. The summed E-state index contributed by atoms with van der Waals surface area (Å²) in [6.07, 6.45) is 129. The van der Waals surface area contributed by atoms with Gasteiger partial charge in [0.05, 0.1) is 0 Å². The van der Waals surface area contributed by atoms with E-state index in [-0.39, 0.29) is 0 Å². The molecule has 608 valence electrons. The maximum absolute atomic E-state index is 1.58. The van der Waals surface area contributed by atoms with Gasteiger partial charge in [0.1, 0.15) is 0 Å². The summed E-state index contributed by atoms with van der Waals surface area (Å²) in [5.74, 6) is 25.1. The molecule has 26 saturated carbocycles. The molecule has 26 aliphatic rings. The van der Waals surface area contributed by atoms with Crippen molar-refractivity contribution in [2.45, 2.75) is 533 Å². The molecule has 0 aromatic rings. The molecule has 22 bridgehead atoms. The summed E-state index contributed by atoms with van der Waals surface area (Å²) in [6.45, 7) is 0. The van der Waals surface area contributed by atoms with Crippen LogP contribution in [0.25, 0.3) is 0 Å². The lowest BCUT2D eigenvalue weighted by atomic mass is 9.71. The summed E-state index contributed by atoms with van der Waals surface area (Å²) in [7, 11) is 0. The third-order valence-electron chi connectivity index (χ3n) is 36.2. The van der Waals surface area contributed by atoms with E-state index >= 15 is 0 Å². The minimum atomic E-state index is 1.11. The fourth-order valence-electron chi connectivity index (χ4n) is 29.2. The van der Waals surface area contributed by atoms with Gasteiger partial charge in [0.15, 0.2) is 0 Å². The molecule has 0 saturated heterocycles. The lowest BCUT2D eigenvalue weighted by molar-refractivity contribution is 0.176. The predicted molar refractivity (Wildman–Crippen MR) is 460 cm³/mol. The molecule has 0 heterocycles. The van der Waals surface area contributed by atoms with E-state index in [4.69, 9.17) is 0 Å². The molecule has 0 aliphatic heterocycles. The second-order valence-electron chi connectivity index (χ2n) is 44.2. The maximum atomic E-state index is 1.58. The van der Waals surface area contributed by atoms with E-state index in [0.29, 0.717) is 0 Å². The number of hydrogen-bond donors (Lipinski definition) is 0. The summed E-state index contributed by atoms with van der Waals surface area (Å²) < 4.78 is 0. The van der Waals surface area contributed by atoms with Crippen molar-refractivity contribution in [1.82, 2.24) is 0 Å². The van der Waals surface area contributed by atoms with Crippen LogP contribution in [0.15, 0.2) is 0 Å². The first-order valence-corrected chi connectivity index (χ1v) is 51.9. The third kappa shape index (κ3) is 32.7. The molecule has 8 atom stereocenters. The maximum Gasteiger partial charge on any atom is -0.0411 e. The molecule has 0 N–H and O–H groups in total. The summed E-state index contributed by atoms with van der Waals surface area (Å²) in [5.41, 5.74) is 0. The van der Waals surface area contributed by atoms with Crippen LogP contribution in [-0.2, 0) is 0 Å². The highest BCUT2D eigenvalue weighted by molar-refractivity contribution is 4.86. The highest BCUT2D eigenvalue weighted by Gasteiger charge is 2.34. The third-order valence-corrected chi connectivity index (χ3v) is 36.2. The predicted octanol–water partition coefficient (Wildman–Crippen LogP) is 35.1. The van der Waals surface area contributed by atoms with Gasteiger partial charge in [0.2, 0.25) is 0 Å². The highest BCUT2D eigenvalue weighted by Crippen LogP contribution is 2.48. The monoisotopic (exact) mass is 1450 g/mol. The Morgan fingerprint density at radius 3 is 0.267 bits per heavy atom. The van der Waals surface area contributed by atoms with Gasteiger partial charge in [-0.15, -0.1) is 0 Å². The normalized spacial score (nSPS) is 41.6. The average Bonchev–Trinajstić information content (AvgIpc) is 1.74. The zero-order valence-electron chi connectivity index (χ0n) is 71.4. The molecule has 26 rings (SSSR count). The Labute approximate surface area is 659 Å². The van der Waals surface area contributed by atoms with E-state index in [1.165, 1.54) is 153 Å². The van der Waals surface area contributed by atoms with Crippen molar-refractivity contribution in [3.63, 3.8) is 0 Å². The van der Waals surface area contributed by atoms with Crippen molar-refractivity contribution in [1.29, 1.82) is 0 Å². The first-order chi connectivity index (χ1) is 51.9. The van der Waals surface area contributed by atoms with Gasteiger partial charge in [-0.1, -0.05) is 501 Å². The van der Waals surface area contributed by atoms with Crippen LogP contribution in [0.5, 0.6) is 0 Å². The molecule has 0 heteroatoms. The molecular weight excluding hydrogens is 1260 g/mol. The van der Waals surface area contributed by atoms with Crippen molar-refractivity contribution in [3.8, 4) is 0 Å². The zero-order valence-corrected chi connectivity index (χ0v) is 71.4. The van der Waals surface area contributed by atoms with Gasteiger partial charge in [-0.2, -0.15) is 0 Å². The van der Waals surface area contributed by atoms with Crippen molar-refractivity contribution >= 4 is 0 Å². The summed E-state index contributed by atoms with van der Waals surface area (Å²) in [4.78, 5) is 0. The molecule has 26 aliphatic carbocycles. The Kier molecular flexibility index (Phi) is 39.9. The minimum absolute atomic E-state index is 1.11. The van der Waals surface area contributed by atoms with Crippen molar-refractivity contribution in [2.24, 2.45) is 130 Å².